The summed E-state index contributed by atoms with van der Waals surface area (Å²) < 4.78 is 2.43. The molecule has 2 heteroatoms. The molecule has 1 heterocycles. The SMILES string of the molecule is CCCCCCCCCCCCCCCCc1nccn1CCCCCCCCCCCCCCCC. The van der Waals surface area contributed by atoms with Crippen molar-refractivity contribution in [1.82, 2.24) is 9.55 Å². The lowest BCUT2D eigenvalue weighted by molar-refractivity contribution is 0.515. The highest BCUT2D eigenvalue weighted by Crippen LogP contribution is 2.15. The molecule has 0 amide bonds. The Balaban J connectivity index is 1.85. The van der Waals surface area contributed by atoms with Gasteiger partial charge in [0.15, 0.2) is 0 Å². The first kappa shape index (κ1) is 34.2. The third-order valence-electron chi connectivity index (χ3n) is 8.31. The Hall–Kier alpha value is -0.790. The molecule has 0 saturated heterocycles. The average molecular weight is 517 g/mol. The summed E-state index contributed by atoms with van der Waals surface area (Å²) in [5.41, 5.74) is 0. The lowest BCUT2D eigenvalue weighted by Gasteiger charge is -2.08. The first-order chi connectivity index (χ1) is 18.4. The molecule has 1 rings (SSSR count). The quantitative estimate of drug-likeness (QED) is 0.0929. The van der Waals surface area contributed by atoms with Crippen molar-refractivity contribution in [2.24, 2.45) is 0 Å². The van der Waals surface area contributed by atoms with Crippen LogP contribution in [0.1, 0.15) is 199 Å². The molecule has 1 aromatic heterocycles. The Morgan fingerprint density at radius 1 is 0.432 bits per heavy atom. The smallest absolute Gasteiger partial charge is 0.108 e. The second-order valence-corrected chi connectivity index (χ2v) is 12.0. The maximum absolute atomic E-state index is 4.66. The Morgan fingerprint density at radius 3 is 1.14 bits per heavy atom. The molecule has 0 aromatic carbocycles. The Morgan fingerprint density at radius 2 is 0.757 bits per heavy atom. The fraction of sp³-hybridized carbons (Fsp3) is 0.914. The number of aromatic nitrogens is 2. The zero-order chi connectivity index (χ0) is 26.5. The van der Waals surface area contributed by atoms with Crippen molar-refractivity contribution in [2.75, 3.05) is 0 Å². The van der Waals surface area contributed by atoms with Crippen LogP contribution >= 0.6 is 0 Å². The second-order valence-electron chi connectivity index (χ2n) is 12.0. The lowest BCUT2D eigenvalue weighted by atomic mass is 10.0. The molecule has 0 atom stereocenters. The summed E-state index contributed by atoms with van der Waals surface area (Å²) >= 11 is 0. The van der Waals surface area contributed by atoms with E-state index in [1.165, 1.54) is 199 Å². The van der Waals surface area contributed by atoms with Crippen LogP contribution in [0.3, 0.4) is 0 Å². The molecule has 0 unspecified atom stereocenters. The molecule has 0 saturated carbocycles. The van der Waals surface area contributed by atoms with E-state index in [0.29, 0.717) is 0 Å². The summed E-state index contributed by atoms with van der Waals surface area (Å²) in [7, 11) is 0. The number of nitrogens with zero attached hydrogens (tertiary/aromatic N) is 2. The summed E-state index contributed by atoms with van der Waals surface area (Å²) in [4.78, 5) is 4.66. The summed E-state index contributed by atoms with van der Waals surface area (Å²) in [6, 6.07) is 0. The van der Waals surface area contributed by atoms with E-state index in [-0.39, 0.29) is 0 Å². The van der Waals surface area contributed by atoms with Crippen LogP contribution in [0.15, 0.2) is 12.4 Å². The molecular formula is C35H68N2. The number of imidazole rings is 1. The summed E-state index contributed by atoms with van der Waals surface area (Å²) in [6.45, 7) is 5.78. The van der Waals surface area contributed by atoms with Gasteiger partial charge in [-0.25, -0.2) is 4.98 Å². The van der Waals surface area contributed by atoms with E-state index < -0.39 is 0 Å². The van der Waals surface area contributed by atoms with E-state index in [4.69, 9.17) is 0 Å². The lowest BCUT2D eigenvalue weighted by Crippen LogP contribution is -2.03. The molecule has 2 nitrogen and oxygen atoms in total. The topological polar surface area (TPSA) is 17.8 Å². The molecule has 0 spiro atoms. The van der Waals surface area contributed by atoms with Gasteiger partial charge in [0.2, 0.25) is 0 Å². The molecule has 0 fully saturated rings. The molecule has 0 radical (unpaired) electrons. The van der Waals surface area contributed by atoms with Crippen molar-refractivity contribution in [3.63, 3.8) is 0 Å². The Bertz CT molecular complexity index is 503. The number of aryl methyl sites for hydroxylation is 2. The van der Waals surface area contributed by atoms with Crippen LogP contribution in [0.4, 0.5) is 0 Å². The molecule has 0 N–H and O–H groups in total. The first-order valence-corrected chi connectivity index (χ1v) is 17.4. The van der Waals surface area contributed by atoms with E-state index in [0.717, 1.165) is 0 Å². The van der Waals surface area contributed by atoms with Crippen LogP contribution in [0.2, 0.25) is 0 Å². The van der Waals surface area contributed by atoms with Gasteiger partial charge in [-0.1, -0.05) is 181 Å². The Labute approximate surface area is 234 Å². The highest BCUT2D eigenvalue weighted by atomic mass is 15.1. The van der Waals surface area contributed by atoms with Gasteiger partial charge in [0.05, 0.1) is 0 Å². The summed E-state index contributed by atoms with van der Waals surface area (Å²) in [6.07, 6.45) is 45.5. The number of rotatable bonds is 30. The predicted octanol–water partition coefficient (Wildman–Crippen LogP) is 12.4. The fourth-order valence-corrected chi connectivity index (χ4v) is 5.73. The maximum atomic E-state index is 4.66. The van der Waals surface area contributed by atoms with Gasteiger partial charge >= 0.3 is 0 Å². The van der Waals surface area contributed by atoms with E-state index in [9.17, 15) is 0 Å². The van der Waals surface area contributed by atoms with E-state index in [1.54, 1.807) is 0 Å². The first-order valence-electron chi connectivity index (χ1n) is 17.4. The van der Waals surface area contributed by atoms with Crippen molar-refractivity contribution >= 4 is 0 Å². The van der Waals surface area contributed by atoms with Gasteiger partial charge in [-0.3, -0.25) is 0 Å². The van der Waals surface area contributed by atoms with Crippen molar-refractivity contribution in [3.05, 3.63) is 18.2 Å². The molecular weight excluding hydrogens is 448 g/mol. The highest BCUT2D eigenvalue weighted by Gasteiger charge is 2.03. The van der Waals surface area contributed by atoms with E-state index >= 15 is 0 Å². The molecule has 0 aliphatic rings. The standard InChI is InChI=1S/C35H68N2/c1-3-5-7-9-11-13-15-17-19-21-23-25-27-29-31-35-36-32-34-37(35)33-30-28-26-24-22-20-18-16-14-12-10-8-6-4-2/h32,34H,3-31,33H2,1-2H3. The summed E-state index contributed by atoms with van der Waals surface area (Å²) in [5, 5.41) is 0. The van der Waals surface area contributed by atoms with Gasteiger partial charge in [0, 0.05) is 25.4 Å². The second kappa shape index (κ2) is 28.2. The largest absolute Gasteiger partial charge is 0.335 e. The zero-order valence-electron chi connectivity index (χ0n) is 25.8. The van der Waals surface area contributed by atoms with Crippen LogP contribution in [0.5, 0.6) is 0 Å². The minimum absolute atomic E-state index is 1.17. The highest BCUT2D eigenvalue weighted by molar-refractivity contribution is 4.92. The van der Waals surface area contributed by atoms with Gasteiger partial charge in [-0.05, 0) is 12.8 Å². The van der Waals surface area contributed by atoms with Crippen LogP contribution in [-0.2, 0) is 13.0 Å². The van der Waals surface area contributed by atoms with Gasteiger partial charge in [0.25, 0.3) is 0 Å². The zero-order valence-corrected chi connectivity index (χ0v) is 25.8. The van der Waals surface area contributed by atoms with Crippen LogP contribution < -0.4 is 0 Å². The number of hydrogen-bond donors (Lipinski definition) is 0. The third-order valence-corrected chi connectivity index (χ3v) is 8.31. The van der Waals surface area contributed by atoms with Gasteiger partial charge in [-0.2, -0.15) is 0 Å². The number of unbranched alkanes of at least 4 members (excludes halogenated alkanes) is 26. The van der Waals surface area contributed by atoms with Gasteiger partial charge in [-0.15, -0.1) is 0 Å². The average Bonchev–Trinajstić information content (AvgIpc) is 3.36. The number of hydrogen-bond acceptors (Lipinski definition) is 1. The maximum Gasteiger partial charge on any atom is 0.108 e. The molecule has 0 aliphatic heterocycles. The molecule has 37 heavy (non-hydrogen) atoms. The van der Waals surface area contributed by atoms with Crippen molar-refractivity contribution in [3.8, 4) is 0 Å². The molecule has 1 aromatic rings. The third kappa shape index (κ3) is 22.9. The van der Waals surface area contributed by atoms with Crippen molar-refractivity contribution < 1.29 is 0 Å². The van der Waals surface area contributed by atoms with Crippen molar-refractivity contribution in [1.29, 1.82) is 0 Å². The monoisotopic (exact) mass is 517 g/mol. The normalized spacial score (nSPS) is 11.5. The van der Waals surface area contributed by atoms with Crippen LogP contribution in [0.25, 0.3) is 0 Å². The van der Waals surface area contributed by atoms with Crippen molar-refractivity contribution in [2.45, 2.75) is 207 Å². The fourth-order valence-electron chi connectivity index (χ4n) is 5.73. The minimum Gasteiger partial charge on any atom is -0.335 e. The van der Waals surface area contributed by atoms with E-state index in [2.05, 4.69) is 29.6 Å². The molecule has 218 valence electrons. The van der Waals surface area contributed by atoms with E-state index in [1.807, 2.05) is 6.20 Å². The minimum atomic E-state index is 1.17. The molecule has 0 bridgehead atoms. The summed E-state index contributed by atoms with van der Waals surface area (Å²) in [5.74, 6) is 1.33. The predicted molar refractivity (Wildman–Crippen MR) is 167 cm³/mol. The van der Waals surface area contributed by atoms with Gasteiger partial charge < -0.3 is 4.57 Å². The van der Waals surface area contributed by atoms with Crippen LogP contribution in [0, 0.1) is 0 Å². The van der Waals surface area contributed by atoms with Gasteiger partial charge in [0.1, 0.15) is 5.82 Å². The Kier molecular flexibility index (Phi) is 26.1. The van der Waals surface area contributed by atoms with Crippen LogP contribution in [-0.4, -0.2) is 9.55 Å². The molecule has 0 aliphatic carbocycles.